The van der Waals surface area contributed by atoms with Crippen LogP contribution in [0.25, 0.3) is 0 Å². The smallest absolute Gasteiger partial charge is 0.220 e. The maximum atomic E-state index is 12.4. The van der Waals surface area contributed by atoms with Crippen molar-refractivity contribution in [2.24, 2.45) is 5.92 Å². The molecule has 0 spiro atoms. The number of hydrogen-bond acceptors (Lipinski definition) is 5. The second-order valence-corrected chi connectivity index (χ2v) is 10.0. The molecule has 1 saturated carbocycles. The number of amides is 1. The van der Waals surface area contributed by atoms with Gasteiger partial charge in [-0.05, 0) is 73.1 Å². The fourth-order valence-electron chi connectivity index (χ4n) is 4.80. The number of anilines is 1. The maximum Gasteiger partial charge on any atom is 0.220 e. The minimum atomic E-state index is -0.311. The minimum Gasteiger partial charge on any atom is -0.493 e. The van der Waals surface area contributed by atoms with Gasteiger partial charge in [-0.3, -0.25) is 9.59 Å². The molecule has 2 aromatic carbocycles. The lowest BCUT2D eigenvalue weighted by Gasteiger charge is -2.20. The number of hydrogen-bond donors (Lipinski definition) is 1. The SMILES string of the molecule is C[C@H](CC(=O)C1CCC(=O)N1)c1ccc(O[C@@H]2CCN(c3ccc(OCC4CC4)cc3)C2)cc1. The molecule has 5 rings (SSSR count). The highest BCUT2D eigenvalue weighted by molar-refractivity contribution is 5.92. The first kappa shape index (κ1) is 22.8. The number of carbonyl (C=O) groups is 2. The van der Waals surface area contributed by atoms with Gasteiger partial charge >= 0.3 is 0 Å². The molecule has 34 heavy (non-hydrogen) atoms. The molecule has 0 bridgehead atoms. The van der Waals surface area contributed by atoms with Crippen molar-refractivity contribution in [1.29, 1.82) is 0 Å². The molecule has 1 amide bonds. The molecule has 1 aliphatic carbocycles. The number of rotatable bonds is 10. The van der Waals surface area contributed by atoms with Gasteiger partial charge in [0.2, 0.25) is 5.91 Å². The molecular formula is C28H34N2O4. The summed E-state index contributed by atoms with van der Waals surface area (Å²) < 4.78 is 12.1. The molecule has 0 aromatic heterocycles. The lowest BCUT2D eigenvalue weighted by atomic mass is 9.93. The molecule has 0 radical (unpaired) electrons. The third-order valence-corrected chi connectivity index (χ3v) is 7.17. The van der Waals surface area contributed by atoms with Crippen molar-refractivity contribution >= 4 is 17.4 Å². The van der Waals surface area contributed by atoms with Crippen LogP contribution < -0.4 is 19.7 Å². The van der Waals surface area contributed by atoms with Crippen LogP contribution >= 0.6 is 0 Å². The van der Waals surface area contributed by atoms with Crippen LogP contribution in [0.3, 0.4) is 0 Å². The van der Waals surface area contributed by atoms with Gasteiger partial charge in [0.1, 0.15) is 17.6 Å². The number of nitrogens with zero attached hydrogens (tertiary/aromatic N) is 1. The summed E-state index contributed by atoms with van der Waals surface area (Å²) in [5.74, 6) is 2.78. The first-order valence-electron chi connectivity index (χ1n) is 12.6. The monoisotopic (exact) mass is 462 g/mol. The van der Waals surface area contributed by atoms with E-state index in [0.29, 0.717) is 19.3 Å². The Morgan fingerprint density at radius 2 is 1.76 bits per heavy atom. The molecular weight excluding hydrogens is 428 g/mol. The first-order chi connectivity index (χ1) is 16.5. The van der Waals surface area contributed by atoms with Gasteiger partial charge in [-0.25, -0.2) is 0 Å². The standard InChI is InChI=1S/C28H34N2O4/c1-19(16-27(31)26-12-13-28(32)29-26)21-4-8-24(9-5-21)34-25-14-15-30(17-25)22-6-10-23(11-7-22)33-18-20-2-3-20/h4-11,19-20,25-26H,2-3,12-18H2,1H3,(H,29,32)/t19-,25-,26?/m1/s1. The summed E-state index contributed by atoms with van der Waals surface area (Å²) in [6.07, 6.45) is 5.25. The fourth-order valence-corrected chi connectivity index (χ4v) is 4.80. The van der Waals surface area contributed by atoms with Crippen LogP contribution in [0.2, 0.25) is 0 Å². The maximum absolute atomic E-state index is 12.4. The number of Topliss-reactive ketones (excluding diaryl/α,β-unsaturated/α-hetero) is 1. The van der Waals surface area contributed by atoms with Crippen molar-refractivity contribution in [3.63, 3.8) is 0 Å². The van der Waals surface area contributed by atoms with Crippen LogP contribution in [0, 0.1) is 5.92 Å². The van der Waals surface area contributed by atoms with E-state index in [1.807, 2.05) is 24.3 Å². The Bertz CT molecular complexity index is 1000. The Hall–Kier alpha value is -3.02. The summed E-state index contributed by atoms with van der Waals surface area (Å²) in [6, 6.07) is 16.2. The number of ketones is 1. The van der Waals surface area contributed by atoms with E-state index in [-0.39, 0.29) is 29.8 Å². The molecule has 2 aromatic rings. The zero-order valence-electron chi connectivity index (χ0n) is 19.9. The zero-order chi connectivity index (χ0) is 23.5. The molecule has 6 heteroatoms. The zero-order valence-corrected chi connectivity index (χ0v) is 19.9. The Morgan fingerprint density at radius 1 is 1.03 bits per heavy atom. The third-order valence-electron chi connectivity index (χ3n) is 7.17. The largest absolute Gasteiger partial charge is 0.493 e. The molecule has 6 nitrogen and oxygen atoms in total. The van der Waals surface area contributed by atoms with Gasteiger partial charge < -0.3 is 19.7 Å². The van der Waals surface area contributed by atoms with E-state index >= 15 is 0 Å². The molecule has 2 saturated heterocycles. The molecule has 2 heterocycles. The predicted octanol–water partition coefficient (Wildman–Crippen LogP) is 4.47. The molecule has 3 fully saturated rings. The Kier molecular flexibility index (Phi) is 6.75. The van der Waals surface area contributed by atoms with Gasteiger partial charge in [-0.1, -0.05) is 19.1 Å². The lowest BCUT2D eigenvalue weighted by molar-refractivity contribution is -0.124. The van der Waals surface area contributed by atoms with Crippen LogP contribution in [0.15, 0.2) is 48.5 Å². The minimum absolute atomic E-state index is 0.0205. The summed E-state index contributed by atoms with van der Waals surface area (Å²) in [5.41, 5.74) is 2.32. The van der Waals surface area contributed by atoms with E-state index < -0.39 is 0 Å². The summed E-state index contributed by atoms with van der Waals surface area (Å²) in [4.78, 5) is 26.2. The Balaban J connectivity index is 1.09. The van der Waals surface area contributed by atoms with Crippen LogP contribution in [0.5, 0.6) is 11.5 Å². The Morgan fingerprint density at radius 3 is 2.44 bits per heavy atom. The van der Waals surface area contributed by atoms with Crippen LogP contribution in [0.1, 0.15) is 56.9 Å². The summed E-state index contributed by atoms with van der Waals surface area (Å²) in [7, 11) is 0. The topological polar surface area (TPSA) is 67.9 Å². The highest BCUT2D eigenvalue weighted by atomic mass is 16.5. The molecule has 1 unspecified atom stereocenters. The van der Waals surface area contributed by atoms with E-state index in [1.165, 1.54) is 18.5 Å². The fraction of sp³-hybridized carbons (Fsp3) is 0.500. The van der Waals surface area contributed by atoms with Crippen molar-refractivity contribution in [1.82, 2.24) is 5.32 Å². The first-order valence-corrected chi connectivity index (χ1v) is 12.6. The molecule has 3 aliphatic rings. The molecule has 2 aliphatic heterocycles. The average Bonchev–Trinajstić information content (AvgIpc) is 3.39. The number of carbonyl (C=O) groups excluding carboxylic acids is 2. The van der Waals surface area contributed by atoms with Crippen molar-refractivity contribution < 1.29 is 19.1 Å². The van der Waals surface area contributed by atoms with Crippen LogP contribution in [-0.4, -0.2) is 43.5 Å². The van der Waals surface area contributed by atoms with Gasteiger partial charge in [-0.2, -0.15) is 0 Å². The van der Waals surface area contributed by atoms with E-state index in [9.17, 15) is 9.59 Å². The second kappa shape index (κ2) is 10.1. The van der Waals surface area contributed by atoms with Gasteiger partial charge in [0.05, 0.1) is 19.2 Å². The van der Waals surface area contributed by atoms with E-state index in [1.54, 1.807) is 0 Å². The van der Waals surface area contributed by atoms with Gasteiger partial charge in [0, 0.05) is 31.5 Å². The number of ether oxygens (including phenoxy) is 2. The average molecular weight is 463 g/mol. The second-order valence-electron chi connectivity index (χ2n) is 10.0. The summed E-state index contributed by atoms with van der Waals surface area (Å²) >= 11 is 0. The van der Waals surface area contributed by atoms with Gasteiger partial charge in [-0.15, -0.1) is 0 Å². The normalized spacial score (nSPS) is 23.0. The summed E-state index contributed by atoms with van der Waals surface area (Å²) in [5, 5.41) is 2.77. The third kappa shape index (κ3) is 5.72. The highest BCUT2D eigenvalue weighted by Crippen LogP contribution is 2.31. The Labute approximate surface area is 201 Å². The van der Waals surface area contributed by atoms with Crippen molar-refractivity contribution in [3.05, 3.63) is 54.1 Å². The van der Waals surface area contributed by atoms with Crippen molar-refractivity contribution in [2.75, 3.05) is 24.6 Å². The molecule has 180 valence electrons. The number of nitrogens with one attached hydrogen (secondary N) is 1. The highest BCUT2D eigenvalue weighted by Gasteiger charge is 2.28. The van der Waals surface area contributed by atoms with E-state index in [4.69, 9.17) is 9.47 Å². The van der Waals surface area contributed by atoms with Crippen LogP contribution in [0.4, 0.5) is 5.69 Å². The van der Waals surface area contributed by atoms with Gasteiger partial charge in [0.25, 0.3) is 0 Å². The van der Waals surface area contributed by atoms with Crippen molar-refractivity contribution in [3.8, 4) is 11.5 Å². The molecule has 1 N–H and O–H groups in total. The van der Waals surface area contributed by atoms with Crippen molar-refractivity contribution in [2.45, 2.75) is 63.5 Å². The predicted molar refractivity (Wildman–Crippen MR) is 132 cm³/mol. The van der Waals surface area contributed by atoms with E-state index in [2.05, 4.69) is 41.4 Å². The number of benzene rings is 2. The van der Waals surface area contributed by atoms with Crippen LogP contribution in [-0.2, 0) is 9.59 Å². The van der Waals surface area contributed by atoms with E-state index in [0.717, 1.165) is 49.1 Å². The van der Waals surface area contributed by atoms with Gasteiger partial charge in [0.15, 0.2) is 5.78 Å². The quantitative estimate of drug-likeness (QED) is 0.564. The summed E-state index contributed by atoms with van der Waals surface area (Å²) in [6.45, 7) is 4.73. The lowest BCUT2D eigenvalue weighted by Crippen LogP contribution is -2.33. The molecule has 3 atom stereocenters.